The van der Waals surface area contributed by atoms with Crippen LogP contribution in [0.1, 0.15) is 53.9 Å². The van der Waals surface area contributed by atoms with E-state index in [4.69, 9.17) is 4.43 Å². The summed E-state index contributed by atoms with van der Waals surface area (Å²) in [7, 11) is -1.41. The minimum absolute atomic E-state index is 0.310. The second kappa shape index (κ2) is 9.54. The van der Waals surface area contributed by atoms with Gasteiger partial charge in [-0.2, -0.15) is 0 Å². The van der Waals surface area contributed by atoms with Crippen LogP contribution in [0.15, 0.2) is 58.7 Å². The van der Waals surface area contributed by atoms with Crippen molar-refractivity contribution in [2.45, 2.75) is 73.5 Å². The average Bonchev–Trinajstić information content (AvgIpc) is 2.44. The molecule has 0 fully saturated rings. The maximum atomic E-state index is 5.86. The van der Waals surface area contributed by atoms with Crippen molar-refractivity contribution in [1.82, 2.24) is 0 Å². The summed E-state index contributed by atoms with van der Waals surface area (Å²) in [6.07, 6.45) is 17.1. The first-order valence-corrected chi connectivity index (χ1v) is 13.0. The highest BCUT2D eigenvalue weighted by Crippen LogP contribution is 2.40. The molecule has 0 unspecified atom stereocenters. The largest absolute Gasteiger partial charge is 0.414 e. The van der Waals surface area contributed by atoms with Crippen LogP contribution in [0, 0.1) is 5.41 Å². The molecule has 0 spiro atoms. The van der Waals surface area contributed by atoms with Crippen LogP contribution in [-0.2, 0) is 4.43 Å². The first kappa shape index (κ1) is 21.9. The van der Waals surface area contributed by atoms with Crippen LogP contribution in [0.25, 0.3) is 0 Å². The Labute approximate surface area is 157 Å². The van der Waals surface area contributed by atoms with Crippen LogP contribution in [0.5, 0.6) is 0 Å². The van der Waals surface area contributed by atoms with Gasteiger partial charge < -0.3 is 4.43 Å². The Balaban J connectivity index is 2.65. The van der Waals surface area contributed by atoms with E-state index in [1.54, 1.807) is 5.57 Å². The molecular formula is C23H38OSi. The predicted octanol–water partition coefficient (Wildman–Crippen LogP) is 7.37. The van der Waals surface area contributed by atoms with Crippen molar-refractivity contribution in [3.05, 3.63) is 58.7 Å². The molecule has 0 N–H and O–H groups in total. The van der Waals surface area contributed by atoms with E-state index in [-0.39, 0.29) is 0 Å². The minimum atomic E-state index is -1.41. The zero-order valence-electron chi connectivity index (χ0n) is 17.7. The molecule has 0 atom stereocenters. The molecule has 2 heteroatoms. The van der Waals surface area contributed by atoms with E-state index in [0.717, 1.165) is 6.61 Å². The molecule has 0 aromatic carbocycles. The van der Waals surface area contributed by atoms with Gasteiger partial charge in [-0.25, -0.2) is 0 Å². The fourth-order valence-electron chi connectivity index (χ4n) is 3.12. The summed E-state index contributed by atoms with van der Waals surface area (Å²) in [4.78, 5) is 0. The standard InChI is InChI=1S/C23H38OSi/c1-19(11-9-12-20(2)16-18-24-25(6,7)8)14-15-22-21(3)13-10-17-23(22,4)5/h9,11-12,14-16H,10,13,17-18H2,1-8H3/b12-9-,15-14+,19-11+,20-16-. The molecule has 0 bridgehead atoms. The fourth-order valence-corrected chi connectivity index (χ4v) is 3.71. The molecule has 1 aliphatic carbocycles. The zero-order valence-corrected chi connectivity index (χ0v) is 18.7. The highest BCUT2D eigenvalue weighted by atomic mass is 28.4. The van der Waals surface area contributed by atoms with E-state index in [2.05, 4.69) is 90.7 Å². The van der Waals surface area contributed by atoms with E-state index < -0.39 is 8.32 Å². The fraction of sp³-hybridized carbons (Fsp3) is 0.565. The summed E-state index contributed by atoms with van der Waals surface area (Å²) >= 11 is 0. The quantitative estimate of drug-likeness (QED) is 0.341. The lowest BCUT2D eigenvalue weighted by molar-refractivity contribution is 0.357. The topological polar surface area (TPSA) is 9.23 Å². The lowest BCUT2D eigenvalue weighted by Crippen LogP contribution is -2.25. The lowest BCUT2D eigenvalue weighted by Gasteiger charge is -2.32. The summed E-state index contributed by atoms with van der Waals surface area (Å²) in [6.45, 7) is 18.7. The molecule has 0 aromatic rings. The molecule has 25 heavy (non-hydrogen) atoms. The number of hydrogen-bond donors (Lipinski definition) is 0. The molecule has 0 saturated heterocycles. The molecule has 0 heterocycles. The van der Waals surface area contributed by atoms with Crippen molar-refractivity contribution in [1.29, 1.82) is 0 Å². The Morgan fingerprint density at radius 2 is 1.80 bits per heavy atom. The minimum Gasteiger partial charge on any atom is -0.414 e. The zero-order chi connectivity index (χ0) is 19.1. The monoisotopic (exact) mass is 358 g/mol. The van der Waals surface area contributed by atoms with Crippen LogP contribution in [-0.4, -0.2) is 14.9 Å². The second-order valence-corrected chi connectivity index (χ2v) is 13.4. The van der Waals surface area contributed by atoms with Gasteiger partial charge >= 0.3 is 0 Å². The highest BCUT2D eigenvalue weighted by Gasteiger charge is 2.26. The molecule has 1 rings (SSSR count). The van der Waals surface area contributed by atoms with Crippen molar-refractivity contribution < 1.29 is 4.43 Å². The highest BCUT2D eigenvalue weighted by molar-refractivity contribution is 6.69. The molecule has 0 radical (unpaired) electrons. The summed E-state index contributed by atoms with van der Waals surface area (Å²) < 4.78 is 5.86. The molecule has 1 nitrogen and oxygen atoms in total. The van der Waals surface area contributed by atoms with Gasteiger partial charge in [-0.1, -0.05) is 67.0 Å². The van der Waals surface area contributed by atoms with Crippen molar-refractivity contribution in [3.8, 4) is 0 Å². The van der Waals surface area contributed by atoms with Gasteiger partial charge in [0.15, 0.2) is 8.32 Å². The Hall–Kier alpha value is -1.12. The van der Waals surface area contributed by atoms with Crippen molar-refractivity contribution >= 4 is 8.32 Å². The van der Waals surface area contributed by atoms with Gasteiger partial charge in [0.1, 0.15) is 0 Å². The Morgan fingerprint density at radius 3 is 2.40 bits per heavy atom. The van der Waals surface area contributed by atoms with E-state index in [9.17, 15) is 0 Å². The van der Waals surface area contributed by atoms with E-state index in [1.807, 2.05) is 0 Å². The van der Waals surface area contributed by atoms with Crippen LogP contribution in [0.3, 0.4) is 0 Å². The van der Waals surface area contributed by atoms with Gasteiger partial charge in [-0.3, -0.25) is 0 Å². The first-order chi connectivity index (χ1) is 11.5. The Morgan fingerprint density at radius 1 is 1.12 bits per heavy atom. The lowest BCUT2D eigenvalue weighted by atomic mass is 9.72. The van der Waals surface area contributed by atoms with Gasteiger partial charge in [0, 0.05) is 0 Å². The van der Waals surface area contributed by atoms with Gasteiger partial charge in [-0.15, -0.1) is 0 Å². The van der Waals surface area contributed by atoms with Gasteiger partial charge in [0.25, 0.3) is 0 Å². The van der Waals surface area contributed by atoms with Crippen molar-refractivity contribution in [3.63, 3.8) is 0 Å². The summed E-state index contributed by atoms with van der Waals surface area (Å²) in [6, 6.07) is 0. The Kier molecular flexibility index (Phi) is 8.36. The summed E-state index contributed by atoms with van der Waals surface area (Å²) in [5.41, 5.74) is 5.92. The normalized spacial score (nSPS) is 20.2. The number of rotatable bonds is 7. The molecule has 0 aliphatic heterocycles. The molecule has 0 aromatic heterocycles. The van der Waals surface area contributed by atoms with E-state index >= 15 is 0 Å². The van der Waals surface area contributed by atoms with Crippen molar-refractivity contribution in [2.24, 2.45) is 5.41 Å². The maximum Gasteiger partial charge on any atom is 0.184 e. The number of hydrogen-bond acceptors (Lipinski definition) is 1. The smallest absolute Gasteiger partial charge is 0.184 e. The maximum absolute atomic E-state index is 5.86. The molecule has 0 amide bonds. The van der Waals surface area contributed by atoms with Crippen molar-refractivity contribution in [2.75, 3.05) is 6.61 Å². The summed E-state index contributed by atoms with van der Waals surface area (Å²) in [5.74, 6) is 0. The second-order valence-electron chi connectivity index (χ2n) is 8.91. The molecule has 1 aliphatic rings. The third-order valence-electron chi connectivity index (χ3n) is 4.70. The Bertz CT molecular complexity index is 592. The van der Waals surface area contributed by atoms with Crippen LogP contribution >= 0.6 is 0 Å². The SMILES string of the molecule is CC1=C(/C=C/C(C)=C/C=C\C(C)=C/CO[Si](C)(C)C)C(C)(C)CCC1. The third-order valence-corrected chi connectivity index (χ3v) is 5.73. The molecule has 0 saturated carbocycles. The molecular weight excluding hydrogens is 320 g/mol. The predicted molar refractivity (Wildman–Crippen MR) is 115 cm³/mol. The summed E-state index contributed by atoms with van der Waals surface area (Å²) in [5, 5.41) is 0. The van der Waals surface area contributed by atoms with Gasteiger partial charge in [0.05, 0.1) is 6.61 Å². The van der Waals surface area contributed by atoms with Crippen LogP contribution in [0.4, 0.5) is 0 Å². The van der Waals surface area contributed by atoms with Gasteiger partial charge in [-0.05, 0) is 70.7 Å². The van der Waals surface area contributed by atoms with E-state index in [0.29, 0.717) is 5.41 Å². The van der Waals surface area contributed by atoms with Gasteiger partial charge in [0.2, 0.25) is 0 Å². The third kappa shape index (κ3) is 8.69. The average molecular weight is 359 g/mol. The van der Waals surface area contributed by atoms with Crippen LogP contribution in [0.2, 0.25) is 19.6 Å². The first-order valence-electron chi connectivity index (χ1n) is 9.55. The van der Waals surface area contributed by atoms with Crippen LogP contribution < -0.4 is 0 Å². The number of allylic oxidation sites excluding steroid dienone is 9. The van der Waals surface area contributed by atoms with E-state index in [1.165, 1.54) is 36.0 Å². The molecule has 140 valence electrons.